The second-order valence-electron chi connectivity index (χ2n) is 5.28. The lowest BCUT2D eigenvalue weighted by Crippen LogP contribution is -2.32. The van der Waals surface area contributed by atoms with Crippen molar-refractivity contribution in [3.63, 3.8) is 0 Å². The summed E-state index contributed by atoms with van der Waals surface area (Å²) in [4.78, 5) is 0. The summed E-state index contributed by atoms with van der Waals surface area (Å²) in [6, 6.07) is 5.78. The molecule has 1 aromatic carbocycles. The van der Waals surface area contributed by atoms with Crippen molar-refractivity contribution in [1.29, 1.82) is 0 Å². The van der Waals surface area contributed by atoms with Crippen LogP contribution in [0.15, 0.2) is 22.7 Å². The van der Waals surface area contributed by atoms with E-state index in [0.29, 0.717) is 18.6 Å². The molecule has 1 unspecified atom stereocenters. The van der Waals surface area contributed by atoms with Crippen molar-refractivity contribution in [1.82, 2.24) is 0 Å². The van der Waals surface area contributed by atoms with Crippen molar-refractivity contribution in [3.05, 3.63) is 28.2 Å². The summed E-state index contributed by atoms with van der Waals surface area (Å²) in [6.07, 6.45) is 2.92. The lowest BCUT2D eigenvalue weighted by Gasteiger charge is -2.36. The van der Waals surface area contributed by atoms with Crippen LogP contribution in [0.25, 0.3) is 0 Å². The summed E-state index contributed by atoms with van der Waals surface area (Å²) >= 11 is 3.52. The minimum absolute atomic E-state index is 0.404. The molecule has 0 aliphatic heterocycles. The van der Waals surface area contributed by atoms with E-state index in [9.17, 15) is 5.11 Å². The fourth-order valence-corrected chi connectivity index (χ4v) is 3.34. The average Bonchev–Trinajstić information content (AvgIpc) is 2.36. The quantitative estimate of drug-likeness (QED) is 0.811. The number of ether oxygens (including phenoxy) is 2. The first-order valence-corrected chi connectivity index (χ1v) is 8.15. The van der Waals surface area contributed by atoms with E-state index in [1.165, 1.54) is 0 Å². The van der Waals surface area contributed by atoms with Gasteiger partial charge in [0.15, 0.2) is 0 Å². The van der Waals surface area contributed by atoms with E-state index >= 15 is 0 Å². The third kappa shape index (κ3) is 3.96. The van der Waals surface area contributed by atoms with Crippen LogP contribution in [-0.4, -0.2) is 24.4 Å². The topological polar surface area (TPSA) is 38.7 Å². The Bertz CT molecular complexity index is 430. The number of hydrogen-bond acceptors (Lipinski definition) is 3. The Kier molecular flexibility index (Phi) is 5.87. The highest BCUT2D eigenvalue weighted by atomic mass is 79.9. The molecular formula is C16H23BrO3. The standard InChI is InChI=1S/C16H23BrO3/c1-3-19-12-5-6-14(15(17)10-12)16(18)9-11-7-13(8-11)20-4-2/h5-6,10-11,13,16,18H,3-4,7-9H2,1-2H3. The van der Waals surface area contributed by atoms with Crippen molar-refractivity contribution in [2.75, 3.05) is 13.2 Å². The van der Waals surface area contributed by atoms with Crippen molar-refractivity contribution in [2.24, 2.45) is 5.92 Å². The minimum Gasteiger partial charge on any atom is -0.494 e. The van der Waals surface area contributed by atoms with E-state index < -0.39 is 6.10 Å². The molecule has 3 nitrogen and oxygen atoms in total. The molecule has 1 atom stereocenters. The van der Waals surface area contributed by atoms with E-state index in [4.69, 9.17) is 9.47 Å². The number of aliphatic hydroxyl groups is 1. The molecule has 0 aromatic heterocycles. The van der Waals surface area contributed by atoms with Crippen molar-refractivity contribution >= 4 is 15.9 Å². The summed E-state index contributed by atoms with van der Waals surface area (Å²) in [6.45, 7) is 5.42. The van der Waals surface area contributed by atoms with Gasteiger partial charge in [-0.15, -0.1) is 0 Å². The van der Waals surface area contributed by atoms with Crippen molar-refractivity contribution in [3.8, 4) is 5.75 Å². The van der Waals surface area contributed by atoms with Gasteiger partial charge in [0.2, 0.25) is 0 Å². The summed E-state index contributed by atoms with van der Waals surface area (Å²) in [7, 11) is 0. The molecule has 1 fully saturated rings. The first-order valence-electron chi connectivity index (χ1n) is 7.35. The normalized spacial score (nSPS) is 23.2. The fourth-order valence-electron chi connectivity index (χ4n) is 2.72. The first kappa shape index (κ1) is 15.8. The molecule has 0 bridgehead atoms. The number of benzene rings is 1. The number of aliphatic hydroxyl groups excluding tert-OH is 1. The van der Waals surface area contributed by atoms with Crippen LogP contribution in [0.4, 0.5) is 0 Å². The van der Waals surface area contributed by atoms with E-state index in [-0.39, 0.29) is 0 Å². The smallest absolute Gasteiger partial charge is 0.120 e. The molecule has 0 amide bonds. The molecule has 2 rings (SSSR count). The molecule has 1 aromatic rings. The Morgan fingerprint density at radius 3 is 2.65 bits per heavy atom. The third-order valence-corrected chi connectivity index (χ3v) is 4.48. The molecule has 0 radical (unpaired) electrons. The number of halogens is 1. The van der Waals surface area contributed by atoms with Gasteiger partial charge in [-0.1, -0.05) is 22.0 Å². The van der Waals surface area contributed by atoms with E-state index in [1.54, 1.807) is 0 Å². The largest absolute Gasteiger partial charge is 0.494 e. The predicted molar refractivity (Wildman–Crippen MR) is 83.0 cm³/mol. The Labute approximate surface area is 129 Å². The Balaban J connectivity index is 1.88. The first-order chi connectivity index (χ1) is 9.63. The summed E-state index contributed by atoms with van der Waals surface area (Å²) < 4.78 is 11.9. The van der Waals surface area contributed by atoms with Crippen LogP contribution in [0.2, 0.25) is 0 Å². The zero-order chi connectivity index (χ0) is 14.5. The SMILES string of the molecule is CCOc1ccc(C(O)CC2CC(OCC)C2)c(Br)c1. The number of hydrogen-bond donors (Lipinski definition) is 1. The van der Waals surface area contributed by atoms with Gasteiger partial charge in [-0.05, 0) is 56.7 Å². The van der Waals surface area contributed by atoms with Crippen molar-refractivity contribution in [2.45, 2.75) is 45.3 Å². The average molecular weight is 343 g/mol. The van der Waals surface area contributed by atoms with Gasteiger partial charge in [-0.2, -0.15) is 0 Å². The zero-order valence-electron chi connectivity index (χ0n) is 12.1. The van der Waals surface area contributed by atoms with Gasteiger partial charge in [-0.3, -0.25) is 0 Å². The molecule has 0 spiro atoms. The van der Waals surface area contributed by atoms with Crippen molar-refractivity contribution < 1.29 is 14.6 Å². The molecule has 0 heterocycles. The van der Waals surface area contributed by atoms with Gasteiger partial charge in [0, 0.05) is 11.1 Å². The van der Waals surface area contributed by atoms with Crippen LogP contribution in [0.5, 0.6) is 5.75 Å². The summed E-state index contributed by atoms with van der Waals surface area (Å²) in [5.41, 5.74) is 0.938. The van der Waals surface area contributed by atoms with Gasteiger partial charge < -0.3 is 14.6 Å². The zero-order valence-corrected chi connectivity index (χ0v) is 13.7. The van der Waals surface area contributed by atoms with Crippen LogP contribution in [0.3, 0.4) is 0 Å². The van der Waals surface area contributed by atoms with Gasteiger partial charge in [0.05, 0.1) is 18.8 Å². The Morgan fingerprint density at radius 2 is 2.05 bits per heavy atom. The van der Waals surface area contributed by atoms with E-state index in [2.05, 4.69) is 15.9 Å². The van der Waals surface area contributed by atoms with Gasteiger partial charge in [0.1, 0.15) is 5.75 Å². The van der Waals surface area contributed by atoms with E-state index in [1.807, 2.05) is 32.0 Å². The maximum atomic E-state index is 10.4. The van der Waals surface area contributed by atoms with Crippen LogP contribution in [-0.2, 0) is 4.74 Å². The maximum Gasteiger partial charge on any atom is 0.120 e. The Hall–Kier alpha value is -0.580. The lowest BCUT2D eigenvalue weighted by molar-refractivity contribution is -0.0380. The molecule has 1 aliphatic rings. The van der Waals surface area contributed by atoms with Gasteiger partial charge in [-0.25, -0.2) is 0 Å². The van der Waals surface area contributed by atoms with Crippen LogP contribution in [0.1, 0.15) is 44.8 Å². The highest BCUT2D eigenvalue weighted by molar-refractivity contribution is 9.10. The second-order valence-corrected chi connectivity index (χ2v) is 6.14. The second kappa shape index (κ2) is 7.43. The van der Waals surface area contributed by atoms with Crippen LogP contribution >= 0.6 is 15.9 Å². The number of rotatable bonds is 7. The van der Waals surface area contributed by atoms with Crippen LogP contribution < -0.4 is 4.74 Å². The van der Waals surface area contributed by atoms with E-state index in [0.717, 1.165) is 41.7 Å². The van der Waals surface area contributed by atoms with Gasteiger partial charge in [0.25, 0.3) is 0 Å². The Morgan fingerprint density at radius 1 is 1.30 bits per heavy atom. The molecule has 1 saturated carbocycles. The van der Waals surface area contributed by atoms with Gasteiger partial charge >= 0.3 is 0 Å². The molecule has 1 aliphatic carbocycles. The lowest BCUT2D eigenvalue weighted by atomic mass is 9.78. The maximum absolute atomic E-state index is 10.4. The third-order valence-electron chi connectivity index (χ3n) is 3.79. The minimum atomic E-state index is -0.423. The monoisotopic (exact) mass is 342 g/mol. The molecule has 0 saturated heterocycles. The fraction of sp³-hybridized carbons (Fsp3) is 0.625. The molecule has 20 heavy (non-hydrogen) atoms. The highest BCUT2D eigenvalue weighted by Gasteiger charge is 2.31. The summed E-state index contributed by atoms with van der Waals surface area (Å²) in [5.74, 6) is 1.40. The molecule has 1 N–H and O–H groups in total. The predicted octanol–water partition coefficient (Wildman–Crippen LogP) is 4.09. The van der Waals surface area contributed by atoms with Crippen LogP contribution in [0, 0.1) is 5.92 Å². The molecule has 4 heteroatoms. The summed E-state index contributed by atoms with van der Waals surface area (Å²) in [5, 5.41) is 10.4. The molecular weight excluding hydrogens is 320 g/mol. The molecule has 112 valence electrons. The highest BCUT2D eigenvalue weighted by Crippen LogP contribution is 2.38.